The summed E-state index contributed by atoms with van der Waals surface area (Å²) in [5.74, 6) is -1.07. The monoisotopic (exact) mass is 386 g/mol. The van der Waals surface area contributed by atoms with E-state index in [2.05, 4.69) is 19.1 Å². The molecule has 1 unspecified atom stereocenters. The van der Waals surface area contributed by atoms with Gasteiger partial charge in [-0.3, -0.25) is 9.59 Å². The second-order valence-corrected chi connectivity index (χ2v) is 8.23. The minimum atomic E-state index is -0.802. The van der Waals surface area contributed by atoms with Crippen LogP contribution < -0.4 is 0 Å². The second-order valence-electron chi connectivity index (χ2n) is 6.88. The van der Waals surface area contributed by atoms with Crippen molar-refractivity contribution in [1.82, 2.24) is 0 Å². The van der Waals surface area contributed by atoms with E-state index in [9.17, 15) is 9.59 Å². The lowest BCUT2D eigenvalue weighted by atomic mass is 10.1. The molecule has 0 amide bonds. The molecule has 0 aromatic rings. The Bertz CT molecular complexity index is 382. The number of thioether (sulfide) groups is 1. The summed E-state index contributed by atoms with van der Waals surface area (Å²) < 4.78 is 0. The van der Waals surface area contributed by atoms with Crippen LogP contribution in [0.1, 0.15) is 96.8 Å². The van der Waals surface area contributed by atoms with Crippen molar-refractivity contribution in [2.24, 2.45) is 0 Å². The minimum absolute atomic E-state index is 0.105. The fraction of sp³-hybridized carbons (Fsp3) is 0.810. The van der Waals surface area contributed by atoms with E-state index < -0.39 is 11.9 Å². The summed E-state index contributed by atoms with van der Waals surface area (Å²) >= 11 is 1.54. The first-order valence-electron chi connectivity index (χ1n) is 10.3. The van der Waals surface area contributed by atoms with Crippen LogP contribution in [0.3, 0.4) is 0 Å². The van der Waals surface area contributed by atoms with Crippen molar-refractivity contribution in [3.63, 3.8) is 0 Å². The number of hydrogen-bond acceptors (Lipinski definition) is 3. The van der Waals surface area contributed by atoms with E-state index in [1.807, 2.05) is 0 Å². The van der Waals surface area contributed by atoms with Gasteiger partial charge in [-0.05, 0) is 19.3 Å². The molecule has 5 heteroatoms. The molecule has 0 bridgehead atoms. The second kappa shape index (κ2) is 18.8. The number of unbranched alkanes of at least 4 members (excludes halogenated alkanes) is 10. The zero-order chi connectivity index (χ0) is 19.5. The first kappa shape index (κ1) is 25.0. The van der Waals surface area contributed by atoms with Crippen molar-refractivity contribution in [3.8, 4) is 0 Å². The average Bonchev–Trinajstić information content (AvgIpc) is 2.59. The molecule has 0 spiro atoms. The molecule has 0 radical (unpaired) electrons. The van der Waals surface area contributed by atoms with Gasteiger partial charge in [0.05, 0.1) is 6.42 Å². The normalized spacial score (nSPS) is 12.5. The van der Waals surface area contributed by atoms with Gasteiger partial charge in [0, 0.05) is 17.4 Å². The maximum absolute atomic E-state index is 10.7. The van der Waals surface area contributed by atoms with Crippen molar-refractivity contribution >= 4 is 23.7 Å². The number of aliphatic carboxylic acids is 2. The number of allylic oxidation sites excluding steroid dienone is 1. The number of hydrogen-bond donors (Lipinski definition) is 2. The Kier molecular flexibility index (Phi) is 18.1. The van der Waals surface area contributed by atoms with Gasteiger partial charge in [-0.15, -0.1) is 0 Å². The van der Waals surface area contributed by atoms with Gasteiger partial charge in [-0.1, -0.05) is 76.9 Å². The van der Waals surface area contributed by atoms with Crippen LogP contribution in [-0.2, 0) is 9.59 Å². The molecule has 0 saturated carbocycles. The molecule has 0 aliphatic heterocycles. The molecular formula is C21H38O4S. The van der Waals surface area contributed by atoms with E-state index in [-0.39, 0.29) is 18.1 Å². The van der Waals surface area contributed by atoms with Crippen LogP contribution in [0.4, 0.5) is 0 Å². The lowest BCUT2D eigenvalue weighted by Gasteiger charge is -2.10. The zero-order valence-corrected chi connectivity index (χ0v) is 17.3. The van der Waals surface area contributed by atoms with Crippen molar-refractivity contribution < 1.29 is 19.8 Å². The van der Waals surface area contributed by atoms with Gasteiger partial charge < -0.3 is 10.2 Å². The third kappa shape index (κ3) is 19.4. The summed E-state index contributed by atoms with van der Waals surface area (Å²) in [6.45, 7) is 2.25. The van der Waals surface area contributed by atoms with Crippen molar-refractivity contribution in [2.75, 3.05) is 5.75 Å². The molecule has 152 valence electrons. The molecule has 2 N–H and O–H groups in total. The molecule has 0 aromatic heterocycles. The molecule has 0 heterocycles. The van der Waals surface area contributed by atoms with Crippen LogP contribution in [-0.4, -0.2) is 33.2 Å². The van der Waals surface area contributed by atoms with Crippen LogP contribution in [0.15, 0.2) is 12.2 Å². The van der Waals surface area contributed by atoms with Crippen LogP contribution in [0.25, 0.3) is 0 Å². The zero-order valence-electron chi connectivity index (χ0n) is 16.5. The number of carboxylic acid groups (broad SMARTS) is 2. The molecule has 1 atom stereocenters. The van der Waals surface area contributed by atoms with Gasteiger partial charge in [0.15, 0.2) is 0 Å². The summed E-state index contributed by atoms with van der Waals surface area (Å²) in [5, 5.41) is 17.6. The van der Waals surface area contributed by atoms with E-state index in [0.29, 0.717) is 12.2 Å². The number of rotatable bonds is 19. The average molecular weight is 387 g/mol. The summed E-state index contributed by atoms with van der Waals surface area (Å²) in [6, 6.07) is 0. The molecule has 26 heavy (non-hydrogen) atoms. The minimum Gasteiger partial charge on any atom is -0.481 e. The Balaban J connectivity index is 3.72. The standard InChI is InChI=1S/C21H38O4S/c1-2-3-4-5-6-7-8-9-10-11-12-13-14-19(15-16-20(22)23)26-18-17-21(24)25/h13-14,19H,2-12,15-18H2,1H3,(H,22,23)(H,24,25)/b14-13-. The summed E-state index contributed by atoms with van der Waals surface area (Å²) in [7, 11) is 0. The van der Waals surface area contributed by atoms with E-state index in [1.54, 1.807) is 11.8 Å². The highest BCUT2D eigenvalue weighted by Gasteiger charge is 2.09. The summed E-state index contributed by atoms with van der Waals surface area (Å²) in [4.78, 5) is 21.3. The van der Waals surface area contributed by atoms with Gasteiger partial charge in [0.25, 0.3) is 0 Å². The van der Waals surface area contributed by atoms with Gasteiger partial charge in [-0.25, -0.2) is 0 Å². The number of carbonyl (C=O) groups is 2. The molecule has 4 nitrogen and oxygen atoms in total. The third-order valence-corrected chi connectivity index (χ3v) is 5.63. The maximum atomic E-state index is 10.7. The van der Waals surface area contributed by atoms with E-state index in [1.165, 1.54) is 64.2 Å². The highest BCUT2D eigenvalue weighted by atomic mass is 32.2. The molecule has 0 fully saturated rings. The van der Waals surface area contributed by atoms with Gasteiger partial charge in [-0.2, -0.15) is 11.8 Å². The van der Waals surface area contributed by atoms with E-state index >= 15 is 0 Å². The maximum Gasteiger partial charge on any atom is 0.304 e. The van der Waals surface area contributed by atoms with Crippen molar-refractivity contribution in [2.45, 2.75) is 102 Å². The Morgan fingerprint density at radius 3 is 1.92 bits per heavy atom. The highest BCUT2D eigenvalue weighted by Crippen LogP contribution is 2.20. The van der Waals surface area contributed by atoms with Crippen LogP contribution >= 0.6 is 11.8 Å². The third-order valence-electron chi connectivity index (χ3n) is 4.37. The predicted molar refractivity (Wildman–Crippen MR) is 111 cm³/mol. The van der Waals surface area contributed by atoms with Gasteiger partial charge in [0.2, 0.25) is 0 Å². The Morgan fingerprint density at radius 1 is 0.846 bits per heavy atom. The molecule has 0 saturated heterocycles. The Morgan fingerprint density at radius 2 is 1.38 bits per heavy atom. The topological polar surface area (TPSA) is 74.6 Å². The summed E-state index contributed by atoms with van der Waals surface area (Å²) in [5.41, 5.74) is 0. The van der Waals surface area contributed by atoms with Crippen LogP contribution in [0, 0.1) is 0 Å². The molecular weight excluding hydrogens is 348 g/mol. The smallest absolute Gasteiger partial charge is 0.304 e. The fourth-order valence-electron chi connectivity index (χ4n) is 2.80. The summed E-state index contributed by atoms with van der Waals surface area (Å²) in [6.07, 6.45) is 19.3. The SMILES string of the molecule is CCCCCCCCCCCC/C=C\C(CCC(=O)O)SCCC(=O)O. The predicted octanol–water partition coefficient (Wildman–Crippen LogP) is 6.29. The Hall–Kier alpha value is -0.970. The molecule has 0 aliphatic rings. The van der Waals surface area contributed by atoms with Crippen molar-refractivity contribution in [1.29, 1.82) is 0 Å². The van der Waals surface area contributed by atoms with Crippen LogP contribution in [0.5, 0.6) is 0 Å². The first-order chi connectivity index (χ1) is 12.6. The number of carboxylic acids is 2. The highest BCUT2D eigenvalue weighted by molar-refractivity contribution is 8.00. The quantitative estimate of drug-likeness (QED) is 0.201. The Labute approximate surface area is 163 Å². The van der Waals surface area contributed by atoms with Crippen LogP contribution in [0.2, 0.25) is 0 Å². The molecule has 0 aliphatic carbocycles. The first-order valence-corrected chi connectivity index (χ1v) is 11.3. The van der Waals surface area contributed by atoms with E-state index in [0.717, 1.165) is 6.42 Å². The molecule has 0 rings (SSSR count). The van der Waals surface area contributed by atoms with Gasteiger partial charge >= 0.3 is 11.9 Å². The molecule has 0 aromatic carbocycles. The largest absolute Gasteiger partial charge is 0.481 e. The van der Waals surface area contributed by atoms with Crippen molar-refractivity contribution in [3.05, 3.63) is 12.2 Å². The lowest BCUT2D eigenvalue weighted by molar-refractivity contribution is -0.137. The lowest BCUT2D eigenvalue weighted by Crippen LogP contribution is -2.06. The van der Waals surface area contributed by atoms with E-state index in [4.69, 9.17) is 10.2 Å². The fourth-order valence-corrected chi connectivity index (χ4v) is 3.90. The van der Waals surface area contributed by atoms with Gasteiger partial charge in [0.1, 0.15) is 0 Å².